The minimum atomic E-state index is 0.174. The molecular formula is C16H24N2O. The van der Waals surface area contributed by atoms with E-state index in [1.54, 1.807) is 0 Å². The summed E-state index contributed by atoms with van der Waals surface area (Å²) in [6, 6.07) is 10.8. The Morgan fingerprint density at radius 2 is 2.00 bits per heavy atom. The first-order valence-electron chi connectivity index (χ1n) is 7.21. The Bertz CT molecular complexity index is 418. The molecule has 1 heterocycles. The van der Waals surface area contributed by atoms with Crippen LogP contribution in [0.1, 0.15) is 38.8 Å². The summed E-state index contributed by atoms with van der Waals surface area (Å²) in [7, 11) is 0. The van der Waals surface area contributed by atoms with E-state index in [-0.39, 0.29) is 11.9 Å². The summed E-state index contributed by atoms with van der Waals surface area (Å²) in [5.74, 6) is 0.713. The zero-order valence-corrected chi connectivity index (χ0v) is 12.1. The Hall–Kier alpha value is -1.35. The summed E-state index contributed by atoms with van der Waals surface area (Å²) in [5.41, 5.74) is 1.22. The predicted molar refractivity (Wildman–Crippen MR) is 77.8 cm³/mol. The number of benzene rings is 1. The lowest BCUT2D eigenvalue weighted by molar-refractivity contribution is -0.129. The number of carbonyl (C=O) groups excluding carboxylic acids is 1. The average Bonchev–Trinajstić information content (AvgIpc) is 2.81. The number of rotatable bonds is 5. The second kappa shape index (κ2) is 6.20. The fourth-order valence-corrected chi connectivity index (χ4v) is 2.87. The lowest BCUT2D eigenvalue weighted by Crippen LogP contribution is -2.35. The van der Waals surface area contributed by atoms with E-state index in [1.807, 2.05) is 23.1 Å². The van der Waals surface area contributed by atoms with Crippen LogP contribution >= 0.6 is 0 Å². The third-order valence-electron chi connectivity index (χ3n) is 4.17. The molecule has 1 aliphatic heterocycles. The molecular weight excluding hydrogens is 236 g/mol. The van der Waals surface area contributed by atoms with Gasteiger partial charge in [0.15, 0.2) is 0 Å². The highest BCUT2D eigenvalue weighted by Gasteiger charge is 2.35. The van der Waals surface area contributed by atoms with Crippen molar-refractivity contribution < 1.29 is 4.79 Å². The minimum Gasteiger partial charge on any atom is -0.336 e. The van der Waals surface area contributed by atoms with E-state index < -0.39 is 0 Å². The first-order valence-corrected chi connectivity index (χ1v) is 7.21. The Labute approximate surface area is 116 Å². The van der Waals surface area contributed by atoms with Crippen LogP contribution in [0.15, 0.2) is 30.3 Å². The van der Waals surface area contributed by atoms with Gasteiger partial charge in [-0.15, -0.1) is 0 Å². The first-order chi connectivity index (χ1) is 9.13. The second-order valence-electron chi connectivity index (χ2n) is 5.44. The molecule has 3 nitrogen and oxygen atoms in total. The van der Waals surface area contributed by atoms with Crippen LogP contribution < -0.4 is 5.32 Å². The molecule has 2 rings (SSSR count). The molecule has 0 radical (unpaired) electrons. The second-order valence-corrected chi connectivity index (χ2v) is 5.44. The van der Waals surface area contributed by atoms with Crippen molar-refractivity contribution in [3.05, 3.63) is 35.9 Å². The molecule has 3 atom stereocenters. The smallest absolute Gasteiger partial charge is 0.223 e. The number of nitrogens with zero attached hydrogens (tertiary/aromatic N) is 1. The minimum absolute atomic E-state index is 0.174. The van der Waals surface area contributed by atoms with Crippen LogP contribution in [0.2, 0.25) is 0 Å². The fraction of sp³-hybridized carbons (Fsp3) is 0.562. The van der Waals surface area contributed by atoms with Crippen molar-refractivity contribution in [3.63, 3.8) is 0 Å². The molecule has 19 heavy (non-hydrogen) atoms. The number of likely N-dealkylation sites (tertiary alicyclic amines) is 1. The number of hydrogen-bond donors (Lipinski definition) is 1. The van der Waals surface area contributed by atoms with Crippen LogP contribution in [0, 0.1) is 5.92 Å². The fourth-order valence-electron chi connectivity index (χ4n) is 2.87. The lowest BCUT2D eigenvalue weighted by Gasteiger charge is -2.26. The van der Waals surface area contributed by atoms with E-state index in [9.17, 15) is 4.79 Å². The number of carbonyl (C=O) groups is 1. The molecule has 1 aromatic rings. The van der Waals surface area contributed by atoms with Gasteiger partial charge in [0.2, 0.25) is 5.91 Å². The van der Waals surface area contributed by atoms with Gasteiger partial charge in [0.05, 0.1) is 6.04 Å². The maximum absolute atomic E-state index is 12.2. The van der Waals surface area contributed by atoms with Gasteiger partial charge >= 0.3 is 0 Å². The maximum Gasteiger partial charge on any atom is 0.223 e. The Balaban J connectivity index is 2.04. The predicted octanol–water partition coefficient (Wildman–Crippen LogP) is 2.59. The number of amides is 1. The van der Waals surface area contributed by atoms with E-state index in [2.05, 4.69) is 38.2 Å². The zero-order valence-electron chi connectivity index (χ0n) is 12.1. The largest absolute Gasteiger partial charge is 0.336 e. The molecule has 1 fully saturated rings. The summed E-state index contributed by atoms with van der Waals surface area (Å²) < 4.78 is 0. The monoisotopic (exact) mass is 260 g/mol. The third kappa shape index (κ3) is 3.16. The Morgan fingerprint density at radius 3 is 2.63 bits per heavy atom. The van der Waals surface area contributed by atoms with Gasteiger partial charge in [0.25, 0.3) is 0 Å². The van der Waals surface area contributed by atoms with Crippen molar-refractivity contribution in [1.29, 1.82) is 0 Å². The van der Waals surface area contributed by atoms with Crippen LogP contribution in [0.3, 0.4) is 0 Å². The van der Waals surface area contributed by atoms with E-state index >= 15 is 0 Å². The zero-order chi connectivity index (χ0) is 13.8. The SMILES string of the molecule is CCN[C@@H](C)[C@@H]1CC(=O)N([C@@H](C)c2ccccc2)C1. The van der Waals surface area contributed by atoms with Crippen molar-refractivity contribution in [3.8, 4) is 0 Å². The van der Waals surface area contributed by atoms with Gasteiger partial charge in [-0.2, -0.15) is 0 Å². The molecule has 0 aliphatic carbocycles. The van der Waals surface area contributed by atoms with Crippen LogP contribution in [-0.2, 0) is 4.79 Å². The summed E-state index contributed by atoms with van der Waals surface area (Å²) >= 11 is 0. The standard InChI is InChI=1S/C16H24N2O/c1-4-17-12(2)15-10-16(19)18(11-15)13(3)14-8-6-5-7-9-14/h5-9,12-13,15,17H,4,10-11H2,1-3H3/t12-,13-,15+/m0/s1. The van der Waals surface area contributed by atoms with Gasteiger partial charge in [-0.1, -0.05) is 37.3 Å². The summed E-state index contributed by atoms with van der Waals surface area (Å²) in [6.07, 6.45) is 0.672. The summed E-state index contributed by atoms with van der Waals surface area (Å²) in [4.78, 5) is 14.2. The van der Waals surface area contributed by atoms with E-state index in [1.165, 1.54) is 5.56 Å². The molecule has 0 spiro atoms. The topological polar surface area (TPSA) is 32.3 Å². The molecule has 1 aromatic carbocycles. The van der Waals surface area contributed by atoms with Gasteiger partial charge in [0.1, 0.15) is 0 Å². The molecule has 3 heteroatoms. The van der Waals surface area contributed by atoms with E-state index in [0.717, 1.165) is 13.1 Å². The highest BCUT2D eigenvalue weighted by Crippen LogP contribution is 2.29. The van der Waals surface area contributed by atoms with Gasteiger partial charge in [0, 0.05) is 24.9 Å². The molecule has 104 valence electrons. The summed E-state index contributed by atoms with van der Waals surface area (Å²) in [6.45, 7) is 8.23. The Kier molecular flexibility index (Phi) is 4.59. The highest BCUT2D eigenvalue weighted by atomic mass is 16.2. The average molecular weight is 260 g/mol. The number of nitrogens with one attached hydrogen (secondary N) is 1. The third-order valence-corrected chi connectivity index (χ3v) is 4.17. The maximum atomic E-state index is 12.2. The van der Waals surface area contributed by atoms with Crippen molar-refractivity contribution in [2.24, 2.45) is 5.92 Å². The lowest BCUT2D eigenvalue weighted by atomic mass is 10.0. The Morgan fingerprint density at radius 1 is 1.32 bits per heavy atom. The quantitative estimate of drug-likeness (QED) is 0.882. The van der Waals surface area contributed by atoms with Gasteiger partial charge in [-0.25, -0.2) is 0 Å². The van der Waals surface area contributed by atoms with Gasteiger partial charge in [-0.3, -0.25) is 4.79 Å². The first kappa shape index (κ1) is 14.1. The van der Waals surface area contributed by atoms with Crippen molar-refractivity contribution >= 4 is 5.91 Å². The van der Waals surface area contributed by atoms with Crippen LogP contribution in [0.25, 0.3) is 0 Å². The molecule has 0 saturated carbocycles. The van der Waals surface area contributed by atoms with E-state index in [0.29, 0.717) is 18.4 Å². The molecule has 0 unspecified atom stereocenters. The van der Waals surface area contributed by atoms with Crippen molar-refractivity contribution in [2.75, 3.05) is 13.1 Å². The molecule has 0 bridgehead atoms. The van der Waals surface area contributed by atoms with Gasteiger partial charge < -0.3 is 10.2 Å². The van der Waals surface area contributed by atoms with Crippen LogP contribution in [0.4, 0.5) is 0 Å². The van der Waals surface area contributed by atoms with Crippen molar-refractivity contribution in [2.45, 2.75) is 39.3 Å². The van der Waals surface area contributed by atoms with Gasteiger partial charge in [-0.05, 0) is 26.0 Å². The molecule has 1 saturated heterocycles. The normalized spacial score (nSPS) is 22.6. The van der Waals surface area contributed by atoms with Crippen LogP contribution in [0.5, 0.6) is 0 Å². The van der Waals surface area contributed by atoms with Crippen LogP contribution in [-0.4, -0.2) is 29.9 Å². The number of hydrogen-bond acceptors (Lipinski definition) is 2. The van der Waals surface area contributed by atoms with Crippen molar-refractivity contribution in [1.82, 2.24) is 10.2 Å². The van der Waals surface area contributed by atoms with E-state index in [4.69, 9.17) is 0 Å². The molecule has 1 N–H and O–H groups in total. The highest BCUT2D eigenvalue weighted by molar-refractivity contribution is 5.79. The molecule has 1 aliphatic rings. The molecule has 1 amide bonds. The summed E-state index contributed by atoms with van der Waals surface area (Å²) in [5, 5.41) is 3.43. The molecule has 0 aromatic heterocycles.